The van der Waals surface area contributed by atoms with Crippen LogP contribution in [0.5, 0.6) is 0 Å². The van der Waals surface area contributed by atoms with E-state index >= 15 is 0 Å². The Morgan fingerprint density at radius 2 is 1.81 bits per heavy atom. The topological polar surface area (TPSA) is 55.0 Å². The van der Waals surface area contributed by atoms with Crippen molar-refractivity contribution in [2.45, 2.75) is 52.9 Å². The average molecular weight is 352 g/mol. The molecule has 0 aliphatic rings. The van der Waals surface area contributed by atoms with E-state index in [2.05, 4.69) is 39.0 Å². The van der Waals surface area contributed by atoms with Gasteiger partial charge in [0.25, 0.3) is 0 Å². The van der Waals surface area contributed by atoms with Gasteiger partial charge in [0.15, 0.2) is 0 Å². The normalized spacial score (nSPS) is 11.3. The number of carbonyl (C=O) groups excluding carboxylic acids is 1. The Labute approximate surface area is 156 Å². The Kier molecular flexibility index (Phi) is 5.92. The van der Waals surface area contributed by atoms with Crippen LogP contribution < -0.4 is 0 Å². The molecule has 1 aromatic carbocycles. The minimum Gasteiger partial charge on any atom is -0.461 e. The van der Waals surface area contributed by atoms with Gasteiger partial charge in [0.05, 0.1) is 12.2 Å². The first-order valence-electron chi connectivity index (χ1n) is 9.21. The summed E-state index contributed by atoms with van der Waals surface area (Å²) >= 11 is 0. The highest BCUT2D eigenvalue weighted by Crippen LogP contribution is 2.35. The molecule has 0 saturated carbocycles. The zero-order valence-electron chi connectivity index (χ0n) is 16.6. The predicted octanol–water partition coefficient (Wildman–Crippen LogP) is 4.99. The van der Waals surface area contributed by atoms with Crippen LogP contribution >= 0.6 is 0 Å². The molecule has 2 aromatic rings. The number of hydrogen-bond donors (Lipinski definition) is 0. The molecule has 2 rings (SSSR count). The van der Waals surface area contributed by atoms with Crippen LogP contribution in [-0.2, 0) is 23.6 Å². The Bertz CT molecular complexity index is 837. The van der Waals surface area contributed by atoms with Crippen molar-refractivity contribution in [3.05, 3.63) is 46.8 Å². The van der Waals surface area contributed by atoms with E-state index < -0.39 is 0 Å². The lowest BCUT2D eigenvalue weighted by atomic mass is 9.81. The molecule has 0 atom stereocenters. The molecule has 4 heteroatoms. The molecule has 1 heterocycles. The van der Waals surface area contributed by atoms with Gasteiger partial charge < -0.3 is 9.30 Å². The average Bonchev–Trinajstić information content (AvgIpc) is 2.93. The smallest absolute Gasteiger partial charge is 0.355 e. The lowest BCUT2D eigenvalue weighted by Gasteiger charge is -2.23. The fraction of sp³-hybridized carbons (Fsp3) is 0.455. The fourth-order valence-electron chi connectivity index (χ4n) is 3.28. The lowest BCUT2D eigenvalue weighted by Crippen LogP contribution is -2.15. The summed E-state index contributed by atoms with van der Waals surface area (Å²) in [5.41, 5.74) is 4.73. The van der Waals surface area contributed by atoms with Gasteiger partial charge in [0.1, 0.15) is 11.8 Å². The fourth-order valence-corrected chi connectivity index (χ4v) is 3.28. The van der Waals surface area contributed by atoms with Crippen LogP contribution in [0.2, 0.25) is 0 Å². The lowest BCUT2D eigenvalue weighted by molar-refractivity contribution is 0.0516. The van der Waals surface area contributed by atoms with Crippen molar-refractivity contribution in [3.63, 3.8) is 0 Å². The van der Waals surface area contributed by atoms with Crippen LogP contribution in [0.4, 0.5) is 0 Å². The van der Waals surface area contributed by atoms with E-state index in [-0.39, 0.29) is 11.4 Å². The third-order valence-corrected chi connectivity index (χ3v) is 5.27. The van der Waals surface area contributed by atoms with E-state index in [1.807, 2.05) is 26.1 Å². The van der Waals surface area contributed by atoms with Crippen molar-refractivity contribution in [1.82, 2.24) is 4.57 Å². The number of benzene rings is 1. The number of hydrogen-bond acceptors (Lipinski definition) is 3. The number of nitriles is 1. The maximum atomic E-state index is 12.6. The molecule has 0 unspecified atom stereocenters. The number of nitrogens with zero attached hydrogens (tertiary/aromatic N) is 2. The molecule has 0 saturated heterocycles. The van der Waals surface area contributed by atoms with E-state index in [1.165, 1.54) is 5.56 Å². The first kappa shape index (κ1) is 19.8. The standard InChI is InChI=1S/C22H28N2O2/c1-7-18-17(14-23)19(20(24(18)6)21(25)26-9-3)15-10-12-16(13-11-15)22(4,5)8-2/h10-13H,7-9H2,1-6H3. The highest BCUT2D eigenvalue weighted by Gasteiger charge is 2.27. The molecule has 0 aliphatic heterocycles. The van der Waals surface area contributed by atoms with E-state index in [0.717, 1.165) is 17.7 Å². The molecule has 0 fully saturated rings. The molecule has 0 radical (unpaired) electrons. The van der Waals surface area contributed by atoms with Gasteiger partial charge in [0.2, 0.25) is 0 Å². The van der Waals surface area contributed by atoms with Crippen LogP contribution in [0.25, 0.3) is 11.1 Å². The summed E-state index contributed by atoms with van der Waals surface area (Å²) in [5, 5.41) is 9.75. The molecule has 0 spiro atoms. The maximum absolute atomic E-state index is 12.6. The number of esters is 1. The van der Waals surface area contributed by atoms with Crippen molar-refractivity contribution in [3.8, 4) is 17.2 Å². The van der Waals surface area contributed by atoms with Gasteiger partial charge in [-0.15, -0.1) is 0 Å². The number of aromatic nitrogens is 1. The summed E-state index contributed by atoms with van der Waals surface area (Å²) in [7, 11) is 1.82. The minimum atomic E-state index is -0.390. The van der Waals surface area contributed by atoms with Crippen LogP contribution in [0.3, 0.4) is 0 Å². The molecule has 0 bridgehead atoms. The highest BCUT2D eigenvalue weighted by molar-refractivity contribution is 5.98. The van der Waals surface area contributed by atoms with Gasteiger partial charge in [-0.1, -0.05) is 52.0 Å². The van der Waals surface area contributed by atoms with Crippen molar-refractivity contribution in [2.75, 3.05) is 6.61 Å². The SMILES string of the molecule is CCOC(=O)c1c(-c2ccc(C(C)(C)CC)cc2)c(C#N)c(CC)n1C. The van der Waals surface area contributed by atoms with Crippen molar-refractivity contribution in [1.29, 1.82) is 5.26 Å². The first-order valence-corrected chi connectivity index (χ1v) is 9.21. The molecule has 0 N–H and O–H groups in total. The van der Waals surface area contributed by atoms with Gasteiger partial charge in [-0.05, 0) is 36.3 Å². The molecule has 138 valence electrons. The minimum absolute atomic E-state index is 0.0891. The Hall–Kier alpha value is -2.54. The van der Waals surface area contributed by atoms with E-state index in [4.69, 9.17) is 4.74 Å². The van der Waals surface area contributed by atoms with Gasteiger partial charge in [0, 0.05) is 18.3 Å². The molecule has 1 aromatic heterocycles. The van der Waals surface area contributed by atoms with Gasteiger partial charge in [-0.2, -0.15) is 5.26 Å². The first-order chi connectivity index (χ1) is 12.3. The van der Waals surface area contributed by atoms with Crippen molar-refractivity contribution in [2.24, 2.45) is 7.05 Å². The Morgan fingerprint density at radius 1 is 1.19 bits per heavy atom. The van der Waals surface area contributed by atoms with Crippen LogP contribution in [0.15, 0.2) is 24.3 Å². The summed E-state index contributed by atoms with van der Waals surface area (Å²) in [4.78, 5) is 12.6. The second kappa shape index (κ2) is 7.78. The van der Waals surface area contributed by atoms with E-state index in [9.17, 15) is 10.1 Å². The largest absolute Gasteiger partial charge is 0.461 e. The molecule has 26 heavy (non-hydrogen) atoms. The second-order valence-electron chi connectivity index (χ2n) is 7.10. The van der Waals surface area contributed by atoms with Crippen molar-refractivity contribution >= 4 is 5.97 Å². The van der Waals surface area contributed by atoms with Gasteiger partial charge in [-0.3, -0.25) is 0 Å². The summed E-state index contributed by atoms with van der Waals surface area (Å²) in [5.74, 6) is -0.390. The molecular formula is C22H28N2O2. The number of ether oxygens (including phenoxy) is 1. The quantitative estimate of drug-likeness (QED) is 0.688. The second-order valence-corrected chi connectivity index (χ2v) is 7.10. The molecule has 0 aliphatic carbocycles. The number of rotatable bonds is 6. The Morgan fingerprint density at radius 3 is 2.27 bits per heavy atom. The van der Waals surface area contributed by atoms with Gasteiger partial charge >= 0.3 is 5.97 Å². The maximum Gasteiger partial charge on any atom is 0.355 e. The highest BCUT2D eigenvalue weighted by atomic mass is 16.5. The molecular weight excluding hydrogens is 324 g/mol. The van der Waals surface area contributed by atoms with Crippen LogP contribution in [-0.4, -0.2) is 17.1 Å². The Balaban J connectivity index is 2.68. The molecule has 0 amide bonds. The monoisotopic (exact) mass is 352 g/mol. The third-order valence-electron chi connectivity index (χ3n) is 5.27. The van der Waals surface area contributed by atoms with E-state index in [0.29, 0.717) is 29.8 Å². The van der Waals surface area contributed by atoms with Crippen LogP contribution in [0.1, 0.15) is 68.3 Å². The van der Waals surface area contributed by atoms with E-state index in [1.54, 1.807) is 11.5 Å². The summed E-state index contributed by atoms with van der Waals surface area (Å²) in [6, 6.07) is 10.5. The van der Waals surface area contributed by atoms with Crippen LogP contribution in [0, 0.1) is 11.3 Å². The zero-order chi connectivity index (χ0) is 19.5. The summed E-state index contributed by atoms with van der Waals surface area (Å²) in [6.45, 7) is 10.7. The summed E-state index contributed by atoms with van der Waals surface area (Å²) < 4.78 is 7.06. The predicted molar refractivity (Wildman–Crippen MR) is 104 cm³/mol. The molecule has 4 nitrogen and oxygen atoms in total. The van der Waals surface area contributed by atoms with Crippen molar-refractivity contribution < 1.29 is 9.53 Å². The summed E-state index contributed by atoms with van der Waals surface area (Å²) in [6.07, 6.45) is 1.71. The third kappa shape index (κ3) is 3.39. The zero-order valence-corrected chi connectivity index (χ0v) is 16.6. The van der Waals surface area contributed by atoms with Gasteiger partial charge in [-0.25, -0.2) is 4.79 Å². The number of carbonyl (C=O) groups is 1.